The Labute approximate surface area is 132 Å². The Morgan fingerprint density at radius 2 is 1.57 bits per heavy atom. The van der Waals surface area contributed by atoms with Crippen LogP contribution in [0.4, 0.5) is 0 Å². The van der Waals surface area contributed by atoms with E-state index in [1.54, 1.807) is 0 Å². The van der Waals surface area contributed by atoms with Crippen molar-refractivity contribution in [3.8, 4) is 11.3 Å². The van der Waals surface area contributed by atoms with E-state index in [1.165, 1.54) is 16.3 Å². The van der Waals surface area contributed by atoms with Gasteiger partial charge in [-0.05, 0) is 40.6 Å². The molecule has 3 aromatic carbocycles. The lowest BCUT2D eigenvalue weighted by atomic mass is 10.0. The second kappa shape index (κ2) is 4.65. The summed E-state index contributed by atoms with van der Waals surface area (Å²) in [6, 6.07) is 25.1. The van der Waals surface area contributed by atoms with Crippen LogP contribution >= 0.6 is 0 Å². The van der Waals surface area contributed by atoms with Gasteiger partial charge in [0.25, 0.3) is 0 Å². The van der Waals surface area contributed by atoms with E-state index in [9.17, 15) is 0 Å². The lowest BCUT2D eigenvalue weighted by molar-refractivity contribution is 1.14. The smallest absolute Gasteiger partial charge is 0.235 e. The molecule has 108 valence electrons. The summed E-state index contributed by atoms with van der Waals surface area (Å²) in [6.07, 6.45) is 1.83. The Bertz CT molecular complexity index is 1170. The molecule has 0 fully saturated rings. The molecule has 23 heavy (non-hydrogen) atoms. The summed E-state index contributed by atoms with van der Waals surface area (Å²) in [7, 11) is 0. The molecule has 0 radical (unpaired) electrons. The summed E-state index contributed by atoms with van der Waals surface area (Å²) in [5, 5.41) is 2.48. The molecule has 3 nitrogen and oxygen atoms in total. The Balaban J connectivity index is 1.87. The van der Waals surface area contributed by atoms with Crippen molar-refractivity contribution < 1.29 is 0 Å². The van der Waals surface area contributed by atoms with E-state index in [-0.39, 0.29) is 0 Å². The monoisotopic (exact) mass is 295 g/mol. The van der Waals surface area contributed by atoms with E-state index in [0.717, 1.165) is 22.5 Å². The Hall–Kier alpha value is -3.20. The van der Waals surface area contributed by atoms with Crippen molar-refractivity contribution in [2.24, 2.45) is 0 Å². The molecule has 0 amide bonds. The third-order valence-corrected chi connectivity index (χ3v) is 4.25. The number of para-hydroxylation sites is 2. The first kappa shape index (κ1) is 12.4. The summed E-state index contributed by atoms with van der Waals surface area (Å²) >= 11 is 0. The van der Waals surface area contributed by atoms with Crippen molar-refractivity contribution in [2.45, 2.75) is 0 Å². The van der Waals surface area contributed by atoms with Crippen molar-refractivity contribution in [3.63, 3.8) is 0 Å². The van der Waals surface area contributed by atoms with Crippen LogP contribution in [0.3, 0.4) is 0 Å². The zero-order valence-electron chi connectivity index (χ0n) is 12.3. The van der Waals surface area contributed by atoms with Gasteiger partial charge in [-0.15, -0.1) is 0 Å². The first-order valence-corrected chi connectivity index (χ1v) is 7.61. The summed E-state index contributed by atoms with van der Waals surface area (Å²) in [6.45, 7) is 0. The maximum atomic E-state index is 4.62. The van der Waals surface area contributed by atoms with Gasteiger partial charge in [0.2, 0.25) is 5.78 Å². The number of hydrogen-bond donors (Lipinski definition) is 0. The van der Waals surface area contributed by atoms with Crippen molar-refractivity contribution in [3.05, 3.63) is 79.0 Å². The molecular formula is C20H13N3. The van der Waals surface area contributed by atoms with Gasteiger partial charge in [-0.3, -0.25) is 4.40 Å². The normalized spacial score (nSPS) is 11.5. The Morgan fingerprint density at radius 1 is 0.739 bits per heavy atom. The van der Waals surface area contributed by atoms with Crippen molar-refractivity contribution in [2.75, 3.05) is 0 Å². The zero-order chi connectivity index (χ0) is 15.2. The molecule has 0 saturated carbocycles. The van der Waals surface area contributed by atoms with Crippen LogP contribution in [-0.4, -0.2) is 14.4 Å². The molecule has 0 saturated heterocycles. The summed E-state index contributed by atoms with van der Waals surface area (Å²) in [5.74, 6) is 0.733. The van der Waals surface area contributed by atoms with Crippen LogP contribution < -0.4 is 0 Å². The molecule has 2 heterocycles. The molecule has 0 aliphatic carbocycles. The molecule has 0 bridgehead atoms. The Morgan fingerprint density at radius 3 is 2.52 bits per heavy atom. The maximum Gasteiger partial charge on any atom is 0.235 e. The van der Waals surface area contributed by atoms with E-state index in [2.05, 4.69) is 62.9 Å². The van der Waals surface area contributed by atoms with Gasteiger partial charge in [-0.2, -0.15) is 0 Å². The van der Waals surface area contributed by atoms with E-state index in [0.29, 0.717) is 0 Å². The standard InChI is InChI=1S/C20H13N3/c1-2-6-15-13-16(10-9-14(15)5-1)18-11-12-21-20-22-17-7-3-4-8-19(17)23(18)20/h1-13H. The topological polar surface area (TPSA) is 30.2 Å². The largest absolute Gasteiger partial charge is 0.276 e. The third kappa shape index (κ3) is 1.83. The molecule has 0 aliphatic rings. The highest BCUT2D eigenvalue weighted by molar-refractivity contribution is 5.88. The summed E-state index contributed by atoms with van der Waals surface area (Å²) < 4.78 is 2.12. The molecule has 0 atom stereocenters. The molecule has 2 aromatic heterocycles. The minimum atomic E-state index is 0.733. The van der Waals surface area contributed by atoms with Crippen LogP contribution in [-0.2, 0) is 0 Å². The highest BCUT2D eigenvalue weighted by Gasteiger charge is 2.10. The number of nitrogens with zero attached hydrogens (tertiary/aromatic N) is 3. The zero-order valence-corrected chi connectivity index (χ0v) is 12.3. The van der Waals surface area contributed by atoms with Gasteiger partial charge in [-0.25, -0.2) is 9.97 Å². The van der Waals surface area contributed by atoms with E-state index >= 15 is 0 Å². The number of hydrogen-bond acceptors (Lipinski definition) is 2. The molecule has 0 unspecified atom stereocenters. The average molecular weight is 295 g/mol. The van der Waals surface area contributed by atoms with Gasteiger partial charge in [-0.1, -0.05) is 48.5 Å². The molecule has 0 N–H and O–H groups in total. The Kier molecular flexibility index (Phi) is 2.50. The van der Waals surface area contributed by atoms with Gasteiger partial charge in [0.1, 0.15) is 0 Å². The van der Waals surface area contributed by atoms with E-state index < -0.39 is 0 Å². The molecular weight excluding hydrogens is 282 g/mol. The van der Waals surface area contributed by atoms with Crippen LogP contribution in [0.5, 0.6) is 0 Å². The molecule has 0 aliphatic heterocycles. The number of rotatable bonds is 1. The van der Waals surface area contributed by atoms with Crippen LogP contribution in [0.1, 0.15) is 0 Å². The van der Waals surface area contributed by atoms with Gasteiger partial charge in [0.05, 0.1) is 16.7 Å². The number of fused-ring (bicyclic) bond motifs is 4. The molecule has 5 aromatic rings. The third-order valence-electron chi connectivity index (χ3n) is 4.25. The second-order valence-corrected chi connectivity index (χ2v) is 5.63. The fourth-order valence-electron chi connectivity index (χ4n) is 3.16. The molecule has 0 spiro atoms. The molecule has 3 heteroatoms. The van der Waals surface area contributed by atoms with Crippen LogP contribution in [0, 0.1) is 0 Å². The first-order chi connectivity index (χ1) is 11.4. The lowest BCUT2D eigenvalue weighted by Crippen LogP contribution is -1.94. The number of aromatic nitrogens is 3. The van der Waals surface area contributed by atoms with E-state index in [1.807, 2.05) is 30.5 Å². The van der Waals surface area contributed by atoms with Crippen molar-refractivity contribution in [1.82, 2.24) is 14.4 Å². The number of imidazole rings is 1. The van der Waals surface area contributed by atoms with Gasteiger partial charge in [0, 0.05) is 6.20 Å². The van der Waals surface area contributed by atoms with Crippen molar-refractivity contribution in [1.29, 1.82) is 0 Å². The predicted molar refractivity (Wildman–Crippen MR) is 93.4 cm³/mol. The van der Waals surface area contributed by atoms with Crippen LogP contribution in [0.2, 0.25) is 0 Å². The molecule has 5 rings (SSSR count). The van der Waals surface area contributed by atoms with Gasteiger partial charge < -0.3 is 0 Å². The quantitative estimate of drug-likeness (QED) is 0.448. The lowest BCUT2D eigenvalue weighted by Gasteiger charge is -2.07. The number of benzene rings is 3. The fourth-order valence-corrected chi connectivity index (χ4v) is 3.16. The highest BCUT2D eigenvalue weighted by atomic mass is 15.1. The average Bonchev–Trinajstić information content (AvgIpc) is 3.00. The summed E-state index contributed by atoms with van der Waals surface area (Å²) in [5.41, 5.74) is 4.32. The minimum Gasteiger partial charge on any atom is -0.276 e. The SMILES string of the molecule is c1ccc2cc(-c3ccnc4nc5ccccc5n34)ccc2c1. The second-order valence-electron chi connectivity index (χ2n) is 5.63. The van der Waals surface area contributed by atoms with Gasteiger partial charge >= 0.3 is 0 Å². The van der Waals surface area contributed by atoms with Crippen molar-refractivity contribution >= 4 is 27.6 Å². The first-order valence-electron chi connectivity index (χ1n) is 7.61. The van der Waals surface area contributed by atoms with E-state index in [4.69, 9.17) is 0 Å². The van der Waals surface area contributed by atoms with Crippen LogP contribution in [0.25, 0.3) is 38.8 Å². The van der Waals surface area contributed by atoms with Crippen LogP contribution in [0.15, 0.2) is 79.0 Å². The fraction of sp³-hybridized carbons (Fsp3) is 0. The minimum absolute atomic E-state index is 0.733. The van der Waals surface area contributed by atoms with Gasteiger partial charge in [0.15, 0.2) is 0 Å². The highest BCUT2D eigenvalue weighted by Crippen LogP contribution is 2.27. The maximum absolute atomic E-state index is 4.62. The summed E-state index contributed by atoms with van der Waals surface area (Å²) in [4.78, 5) is 9.03. The predicted octanol–water partition coefficient (Wildman–Crippen LogP) is 4.70.